The lowest BCUT2D eigenvalue weighted by atomic mass is 9.87. The summed E-state index contributed by atoms with van der Waals surface area (Å²) in [6.07, 6.45) is 2.28. The highest BCUT2D eigenvalue weighted by Crippen LogP contribution is 2.24. The van der Waals surface area contributed by atoms with Crippen LogP contribution in [-0.4, -0.2) is 14.8 Å². The summed E-state index contributed by atoms with van der Waals surface area (Å²) < 4.78 is 1.89. The average molecular weight is 258 g/mol. The van der Waals surface area contributed by atoms with Crippen LogP contribution in [0.4, 0.5) is 0 Å². The summed E-state index contributed by atoms with van der Waals surface area (Å²) >= 11 is 0. The standard InChI is InChI=1S/C15H22N4/c1-5-19-14(17-10-18-19)9-15(4,16)13-7-6-11(2)12(3)8-13/h6-8,10H,5,9,16H2,1-4H3. The normalized spacial score (nSPS) is 14.4. The summed E-state index contributed by atoms with van der Waals surface area (Å²) in [6.45, 7) is 9.15. The lowest BCUT2D eigenvalue weighted by Crippen LogP contribution is -2.36. The van der Waals surface area contributed by atoms with Crippen molar-refractivity contribution >= 4 is 0 Å². The van der Waals surface area contributed by atoms with Crippen molar-refractivity contribution in [3.63, 3.8) is 0 Å². The predicted octanol–water partition coefficient (Wildman–Crippen LogP) is 2.33. The van der Waals surface area contributed by atoms with Crippen molar-refractivity contribution in [2.24, 2.45) is 5.73 Å². The van der Waals surface area contributed by atoms with Gasteiger partial charge in [-0.2, -0.15) is 5.10 Å². The Bertz CT molecular complexity index is 569. The molecule has 1 unspecified atom stereocenters. The summed E-state index contributed by atoms with van der Waals surface area (Å²) in [5.74, 6) is 0.936. The molecule has 2 N–H and O–H groups in total. The first-order valence-electron chi connectivity index (χ1n) is 6.67. The summed E-state index contributed by atoms with van der Waals surface area (Å²) in [4.78, 5) is 4.31. The smallest absolute Gasteiger partial charge is 0.138 e. The van der Waals surface area contributed by atoms with E-state index >= 15 is 0 Å². The quantitative estimate of drug-likeness (QED) is 0.915. The van der Waals surface area contributed by atoms with E-state index in [9.17, 15) is 0 Å². The van der Waals surface area contributed by atoms with Gasteiger partial charge < -0.3 is 5.73 Å². The van der Waals surface area contributed by atoms with Gasteiger partial charge in [-0.1, -0.05) is 18.2 Å². The molecular weight excluding hydrogens is 236 g/mol. The first-order chi connectivity index (χ1) is 8.94. The van der Waals surface area contributed by atoms with Gasteiger partial charge in [0.15, 0.2) is 0 Å². The molecule has 4 heteroatoms. The maximum absolute atomic E-state index is 6.49. The van der Waals surface area contributed by atoms with Crippen LogP contribution < -0.4 is 5.73 Å². The second-order valence-corrected chi connectivity index (χ2v) is 5.39. The number of aromatic nitrogens is 3. The van der Waals surface area contributed by atoms with E-state index in [1.807, 2.05) is 11.6 Å². The Morgan fingerprint density at radius 1 is 1.26 bits per heavy atom. The lowest BCUT2D eigenvalue weighted by Gasteiger charge is -2.25. The Hall–Kier alpha value is -1.68. The van der Waals surface area contributed by atoms with Crippen LogP contribution in [0.25, 0.3) is 0 Å². The van der Waals surface area contributed by atoms with Crippen LogP contribution in [0.2, 0.25) is 0 Å². The highest BCUT2D eigenvalue weighted by Gasteiger charge is 2.24. The Balaban J connectivity index is 2.29. The van der Waals surface area contributed by atoms with Gasteiger partial charge in [0.05, 0.1) is 0 Å². The van der Waals surface area contributed by atoms with Crippen molar-refractivity contribution in [2.45, 2.75) is 46.2 Å². The Morgan fingerprint density at radius 2 is 2.00 bits per heavy atom. The van der Waals surface area contributed by atoms with E-state index in [1.54, 1.807) is 6.33 Å². The van der Waals surface area contributed by atoms with E-state index < -0.39 is 5.54 Å². The van der Waals surface area contributed by atoms with Gasteiger partial charge in [0.25, 0.3) is 0 Å². The van der Waals surface area contributed by atoms with Crippen LogP contribution in [0, 0.1) is 13.8 Å². The topological polar surface area (TPSA) is 56.7 Å². The lowest BCUT2D eigenvalue weighted by molar-refractivity contribution is 0.456. The zero-order valence-electron chi connectivity index (χ0n) is 12.1. The molecule has 4 nitrogen and oxygen atoms in total. The number of benzene rings is 1. The molecule has 0 spiro atoms. The van der Waals surface area contributed by atoms with Crippen molar-refractivity contribution in [2.75, 3.05) is 0 Å². The third-order valence-electron chi connectivity index (χ3n) is 3.69. The number of nitrogens with zero attached hydrogens (tertiary/aromatic N) is 3. The largest absolute Gasteiger partial charge is 0.321 e. The number of nitrogens with two attached hydrogens (primary N) is 1. The van der Waals surface area contributed by atoms with Crippen molar-refractivity contribution in [3.8, 4) is 0 Å². The van der Waals surface area contributed by atoms with Crippen molar-refractivity contribution in [1.82, 2.24) is 14.8 Å². The molecule has 1 aromatic heterocycles. The molecule has 0 saturated heterocycles. The van der Waals surface area contributed by atoms with Gasteiger partial charge in [-0.15, -0.1) is 0 Å². The monoisotopic (exact) mass is 258 g/mol. The summed E-state index contributed by atoms with van der Waals surface area (Å²) in [7, 11) is 0. The second kappa shape index (κ2) is 5.13. The van der Waals surface area contributed by atoms with Gasteiger partial charge in [-0.05, 0) is 44.4 Å². The van der Waals surface area contributed by atoms with E-state index in [-0.39, 0.29) is 0 Å². The maximum atomic E-state index is 6.49. The van der Waals surface area contributed by atoms with Gasteiger partial charge in [0, 0.05) is 18.5 Å². The Morgan fingerprint density at radius 3 is 2.63 bits per heavy atom. The number of rotatable bonds is 4. The maximum Gasteiger partial charge on any atom is 0.138 e. The molecule has 1 heterocycles. The van der Waals surface area contributed by atoms with Crippen LogP contribution in [0.5, 0.6) is 0 Å². The minimum atomic E-state index is -0.432. The molecule has 0 aliphatic heterocycles. The van der Waals surface area contributed by atoms with E-state index in [0.29, 0.717) is 6.42 Å². The molecule has 0 amide bonds. The van der Waals surface area contributed by atoms with Gasteiger partial charge in [-0.3, -0.25) is 4.68 Å². The Kier molecular flexibility index (Phi) is 3.71. The molecular formula is C15H22N4. The van der Waals surface area contributed by atoms with E-state index in [2.05, 4.69) is 49.1 Å². The highest BCUT2D eigenvalue weighted by molar-refractivity contribution is 5.34. The molecule has 0 aliphatic rings. The fourth-order valence-electron chi connectivity index (χ4n) is 2.22. The van der Waals surface area contributed by atoms with Crippen LogP contribution in [-0.2, 0) is 18.5 Å². The molecule has 0 fully saturated rings. The predicted molar refractivity (Wildman–Crippen MR) is 76.9 cm³/mol. The van der Waals surface area contributed by atoms with Gasteiger partial charge >= 0.3 is 0 Å². The van der Waals surface area contributed by atoms with Crippen LogP contribution in [0.15, 0.2) is 24.5 Å². The molecule has 0 saturated carbocycles. The molecule has 1 atom stereocenters. The number of hydrogen-bond donors (Lipinski definition) is 1. The zero-order chi connectivity index (χ0) is 14.0. The molecule has 102 valence electrons. The average Bonchev–Trinajstić information content (AvgIpc) is 2.79. The van der Waals surface area contributed by atoms with Gasteiger partial charge in [0.1, 0.15) is 12.2 Å². The van der Waals surface area contributed by atoms with Crippen molar-refractivity contribution in [3.05, 3.63) is 47.0 Å². The first-order valence-corrected chi connectivity index (χ1v) is 6.67. The number of hydrogen-bond acceptors (Lipinski definition) is 3. The van der Waals surface area contributed by atoms with Crippen LogP contribution in [0.3, 0.4) is 0 Å². The summed E-state index contributed by atoms with van der Waals surface area (Å²) in [5.41, 5.74) is 9.76. The molecule has 0 radical (unpaired) electrons. The van der Waals surface area contributed by atoms with E-state index in [1.165, 1.54) is 11.1 Å². The van der Waals surface area contributed by atoms with Crippen molar-refractivity contribution < 1.29 is 0 Å². The van der Waals surface area contributed by atoms with E-state index in [4.69, 9.17) is 5.73 Å². The van der Waals surface area contributed by atoms with Crippen molar-refractivity contribution in [1.29, 1.82) is 0 Å². The minimum absolute atomic E-state index is 0.432. The summed E-state index contributed by atoms with van der Waals surface area (Å²) in [5, 5.41) is 4.19. The first kappa shape index (κ1) is 13.7. The molecule has 2 aromatic rings. The zero-order valence-corrected chi connectivity index (χ0v) is 12.1. The fourth-order valence-corrected chi connectivity index (χ4v) is 2.22. The van der Waals surface area contributed by atoms with Crippen LogP contribution in [0.1, 0.15) is 36.4 Å². The molecule has 19 heavy (non-hydrogen) atoms. The molecule has 0 bridgehead atoms. The molecule has 1 aromatic carbocycles. The third-order valence-corrected chi connectivity index (χ3v) is 3.69. The van der Waals surface area contributed by atoms with E-state index in [0.717, 1.165) is 17.9 Å². The molecule has 0 aliphatic carbocycles. The Labute approximate surface area is 114 Å². The summed E-state index contributed by atoms with van der Waals surface area (Å²) in [6, 6.07) is 6.40. The SMILES string of the molecule is CCn1ncnc1CC(C)(N)c1ccc(C)c(C)c1. The fraction of sp³-hybridized carbons (Fsp3) is 0.467. The minimum Gasteiger partial charge on any atom is -0.321 e. The number of aryl methyl sites for hydroxylation is 3. The van der Waals surface area contributed by atoms with Gasteiger partial charge in [0.2, 0.25) is 0 Å². The highest BCUT2D eigenvalue weighted by atomic mass is 15.3. The molecule has 2 rings (SSSR count). The van der Waals surface area contributed by atoms with Gasteiger partial charge in [-0.25, -0.2) is 4.98 Å². The van der Waals surface area contributed by atoms with Crippen LogP contribution >= 0.6 is 0 Å². The second-order valence-electron chi connectivity index (χ2n) is 5.39. The third kappa shape index (κ3) is 2.84.